The summed E-state index contributed by atoms with van der Waals surface area (Å²) in [5.74, 6) is -0.242. The molecule has 5 heteroatoms. The van der Waals surface area contributed by atoms with E-state index in [2.05, 4.69) is 6.92 Å². The summed E-state index contributed by atoms with van der Waals surface area (Å²) in [6.07, 6.45) is 6.72. The van der Waals surface area contributed by atoms with Gasteiger partial charge in [-0.05, 0) is 13.3 Å². The van der Waals surface area contributed by atoms with Crippen LogP contribution in [0.15, 0.2) is 18.7 Å². The van der Waals surface area contributed by atoms with E-state index in [1.165, 1.54) is 0 Å². The molecular formula is C12H21N2O3+. The summed E-state index contributed by atoms with van der Waals surface area (Å²) in [6, 6.07) is 0. The minimum atomic E-state index is -0.242. The van der Waals surface area contributed by atoms with Crippen LogP contribution in [0, 0.1) is 0 Å². The topological polar surface area (TPSA) is 44.3 Å². The molecule has 0 aliphatic heterocycles. The lowest BCUT2D eigenvalue weighted by Gasteiger charge is -2.10. The predicted octanol–water partition coefficient (Wildman–Crippen LogP) is 0.671. The van der Waals surface area contributed by atoms with Crippen LogP contribution in [0.5, 0.6) is 0 Å². The highest BCUT2D eigenvalue weighted by molar-refractivity contribution is 5.69. The third kappa shape index (κ3) is 5.49. The number of nitrogens with zero attached hydrogens (tertiary/aromatic N) is 2. The van der Waals surface area contributed by atoms with E-state index in [9.17, 15) is 4.79 Å². The summed E-state index contributed by atoms with van der Waals surface area (Å²) >= 11 is 0. The number of aryl methyl sites for hydroxylation is 1. The SMILES string of the molecule is CCC(C)OCCOC(=O)Cn1cc[n+](C)c1. The molecule has 0 fully saturated rings. The van der Waals surface area contributed by atoms with E-state index < -0.39 is 0 Å². The molecule has 1 aromatic rings. The zero-order valence-corrected chi connectivity index (χ0v) is 10.8. The highest BCUT2D eigenvalue weighted by atomic mass is 16.6. The van der Waals surface area contributed by atoms with Gasteiger partial charge in [0.2, 0.25) is 6.33 Å². The molecule has 1 aromatic heterocycles. The Bertz CT molecular complexity index is 349. The average Bonchev–Trinajstić information content (AvgIpc) is 2.69. The molecule has 0 aliphatic carbocycles. The molecule has 0 aromatic carbocycles. The van der Waals surface area contributed by atoms with Gasteiger partial charge in [0.25, 0.3) is 0 Å². The van der Waals surface area contributed by atoms with Gasteiger partial charge in [0.05, 0.1) is 19.8 Å². The molecule has 0 saturated carbocycles. The molecule has 1 atom stereocenters. The molecule has 0 saturated heterocycles. The van der Waals surface area contributed by atoms with Crippen molar-refractivity contribution in [3.63, 3.8) is 0 Å². The maximum Gasteiger partial charge on any atom is 0.348 e. The van der Waals surface area contributed by atoms with Crippen molar-refractivity contribution in [1.29, 1.82) is 0 Å². The maximum atomic E-state index is 11.4. The van der Waals surface area contributed by atoms with Gasteiger partial charge >= 0.3 is 5.97 Å². The second kappa shape index (κ2) is 7.06. The maximum absolute atomic E-state index is 11.4. The summed E-state index contributed by atoms with van der Waals surface area (Å²) in [5.41, 5.74) is 0. The van der Waals surface area contributed by atoms with Gasteiger partial charge in [-0.1, -0.05) is 6.92 Å². The average molecular weight is 241 g/mol. The van der Waals surface area contributed by atoms with E-state index in [1.54, 1.807) is 4.57 Å². The first kappa shape index (κ1) is 13.7. The Hall–Kier alpha value is -1.36. The van der Waals surface area contributed by atoms with Gasteiger partial charge < -0.3 is 9.47 Å². The quantitative estimate of drug-likeness (QED) is 0.400. The Labute approximate surface area is 102 Å². The third-order valence-electron chi connectivity index (χ3n) is 2.46. The largest absolute Gasteiger partial charge is 0.460 e. The highest BCUT2D eigenvalue weighted by Crippen LogP contribution is 1.95. The van der Waals surface area contributed by atoms with Crippen molar-refractivity contribution in [1.82, 2.24) is 4.57 Å². The van der Waals surface area contributed by atoms with Gasteiger partial charge in [-0.3, -0.25) is 0 Å². The molecule has 1 unspecified atom stereocenters. The van der Waals surface area contributed by atoms with Crippen LogP contribution in [0.1, 0.15) is 20.3 Å². The fourth-order valence-corrected chi connectivity index (χ4v) is 1.31. The Morgan fingerprint density at radius 1 is 1.47 bits per heavy atom. The van der Waals surface area contributed by atoms with Crippen LogP contribution in [-0.2, 0) is 27.9 Å². The van der Waals surface area contributed by atoms with Crippen molar-refractivity contribution in [2.24, 2.45) is 7.05 Å². The molecule has 0 aliphatic rings. The summed E-state index contributed by atoms with van der Waals surface area (Å²) in [5, 5.41) is 0. The molecular weight excluding hydrogens is 220 g/mol. The van der Waals surface area contributed by atoms with Gasteiger partial charge in [-0.2, -0.15) is 0 Å². The molecule has 0 N–H and O–H groups in total. The number of carbonyl (C=O) groups is 1. The molecule has 17 heavy (non-hydrogen) atoms. The molecule has 0 radical (unpaired) electrons. The summed E-state index contributed by atoms with van der Waals surface area (Å²) in [7, 11) is 1.90. The zero-order valence-electron chi connectivity index (χ0n) is 10.8. The van der Waals surface area contributed by atoms with Crippen LogP contribution in [-0.4, -0.2) is 29.9 Å². The number of rotatable bonds is 7. The summed E-state index contributed by atoms with van der Waals surface area (Å²) in [6.45, 7) is 5.07. The molecule has 0 bridgehead atoms. The van der Waals surface area contributed by atoms with Crippen molar-refractivity contribution in [2.75, 3.05) is 13.2 Å². The van der Waals surface area contributed by atoms with Gasteiger partial charge in [0.1, 0.15) is 19.0 Å². The number of carbonyl (C=O) groups excluding carboxylic acids is 1. The normalized spacial score (nSPS) is 12.4. The fourth-order valence-electron chi connectivity index (χ4n) is 1.31. The lowest BCUT2D eigenvalue weighted by atomic mass is 10.3. The van der Waals surface area contributed by atoms with Crippen LogP contribution >= 0.6 is 0 Å². The molecule has 96 valence electrons. The number of hydrogen-bond donors (Lipinski definition) is 0. The molecule has 1 rings (SSSR count). The summed E-state index contributed by atoms with van der Waals surface area (Å²) in [4.78, 5) is 11.4. The number of aromatic nitrogens is 2. The first-order valence-corrected chi connectivity index (χ1v) is 5.90. The number of hydrogen-bond acceptors (Lipinski definition) is 3. The van der Waals surface area contributed by atoms with Gasteiger partial charge in [0.15, 0.2) is 6.54 Å². The van der Waals surface area contributed by atoms with E-state index in [0.717, 1.165) is 6.42 Å². The Kier molecular flexibility index (Phi) is 5.69. The van der Waals surface area contributed by atoms with Gasteiger partial charge in [0, 0.05) is 0 Å². The Morgan fingerprint density at radius 2 is 2.24 bits per heavy atom. The van der Waals surface area contributed by atoms with Crippen LogP contribution in [0.3, 0.4) is 0 Å². The van der Waals surface area contributed by atoms with E-state index in [0.29, 0.717) is 13.2 Å². The summed E-state index contributed by atoms with van der Waals surface area (Å²) < 4.78 is 14.1. The zero-order chi connectivity index (χ0) is 12.7. The van der Waals surface area contributed by atoms with Crippen molar-refractivity contribution >= 4 is 5.97 Å². The van der Waals surface area contributed by atoms with Crippen molar-refractivity contribution in [3.05, 3.63) is 18.7 Å². The van der Waals surface area contributed by atoms with Gasteiger partial charge in [-0.15, -0.1) is 0 Å². The Balaban J connectivity index is 2.13. The van der Waals surface area contributed by atoms with Crippen LogP contribution in [0.25, 0.3) is 0 Å². The van der Waals surface area contributed by atoms with E-state index in [1.807, 2.05) is 37.3 Å². The van der Waals surface area contributed by atoms with E-state index in [-0.39, 0.29) is 18.6 Å². The molecule has 1 heterocycles. The first-order valence-electron chi connectivity index (χ1n) is 5.90. The predicted molar refractivity (Wildman–Crippen MR) is 62.3 cm³/mol. The minimum absolute atomic E-state index is 0.220. The molecule has 5 nitrogen and oxygen atoms in total. The van der Waals surface area contributed by atoms with Crippen LogP contribution in [0.4, 0.5) is 0 Å². The van der Waals surface area contributed by atoms with Crippen LogP contribution < -0.4 is 4.57 Å². The fraction of sp³-hybridized carbons (Fsp3) is 0.667. The van der Waals surface area contributed by atoms with E-state index >= 15 is 0 Å². The molecule has 0 amide bonds. The van der Waals surface area contributed by atoms with Crippen molar-refractivity contribution in [3.8, 4) is 0 Å². The van der Waals surface area contributed by atoms with Crippen molar-refractivity contribution in [2.45, 2.75) is 32.9 Å². The van der Waals surface area contributed by atoms with Gasteiger partial charge in [-0.25, -0.2) is 13.9 Å². The highest BCUT2D eigenvalue weighted by Gasteiger charge is 2.09. The standard InChI is InChI=1S/C12H21N2O3/c1-4-11(2)16-7-8-17-12(15)9-14-6-5-13(3)10-14/h5-6,10-11H,4,7-9H2,1-3H3/q+1. The van der Waals surface area contributed by atoms with Crippen molar-refractivity contribution < 1.29 is 18.8 Å². The first-order chi connectivity index (χ1) is 8.11. The monoisotopic (exact) mass is 241 g/mol. The molecule has 0 spiro atoms. The minimum Gasteiger partial charge on any atom is -0.460 e. The number of esters is 1. The third-order valence-corrected chi connectivity index (χ3v) is 2.46. The Morgan fingerprint density at radius 3 is 2.82 bits per heavy atom. The second-order valence-corrected chi connectivity index (χ2v) is 4.06. The second-order valence-electron chi connectivity index (χ2n) is 4.06. The van der Waals surface area contributed by atoms with Crippen LogP contribution in [0.2, 0.25) is 0 Å². The lowest BCUT2D eigenvalue weighted by molar-refractivity contribution is -0.671. The smallest absolute Gasteiger partial charge is 0.348 e. The number of imidazole rings is 1. The number of ether oxygens (including phenoxy) is 2. The lowest BCUT2D eigenvalue weighted by Crippen LogP contribution is -2.24. The van der Waals surface area contributed by atoms with E-state index in [4.69, 9.17) is 9.47 Å².